The van der Waals surface area contributed by atoms with Gasteiger partial charge in [-0.05, 0) is 51.4 Å². The van der Waals surface area contributed by atoms with Crippen LogP contribution in [0.4, 0.5) is 0 Å². The average Bonchev–Trinajstić information content (AvgIpc) is 3.42. The van der Waals surface area contributed by atoms with Gasteiger partial charge in [-0.15, -0.1) is 0 Å². The van der Waals surface area contributed by atoms with Crippen LogP contribution in [0.25, 0.3) is 0 Å². The standard InChI is InChI=1S/C70H132O6/c1-4-7-10-13-16-19-21-23-25-27-28-29-30-31-32-33-34-35-36-37-38-39-40-41-42-43-45-46-48-51-54-57-60-63-69(72)75-66-67(65-74-68(71)62-59-56-53-50-18-15-12-9-6-3)76-70(73)64-61-58-55-52-49-47-44-26-24-22-20-17-14-11-8-5-2/h20,22,26,44,67H,4-19,21,23-25,27-43,45-66H2,1-3H3/b22-20-,44-26-. The summed E-state index contributed by atoms with van der Waals surface area (Å²) in [5, 5.41) is 0. The first-order chi connectivity index (χ1) is 37.5. The fourth-order valence-corrected chi connectivity index (χ4v) is 10.5. The van der Waals surface area contributed by atoms with Gasteiger partial charge in [-0.1, -0.05) is 340 Å². The van der Waals surface area contributed by atoms with Gasteiger partial charge in [0, 0.05) is 19.3 Å². The minimum Gasteiger partial charge on any atom is -0.462 e. The van der Waals surface area contributed by atoms with Crippen LogP contribution in [0, 0.1) is 0 Å². The summed E-state index contributed by atoms with van der Waals surface area (Å²) in [6, 6.07) is 0. The van der Waals surface area contributed by atoms with E-state index in [-0.39, 0.29) is 31.1 Å². The van der Waals surface area contributed by atoms with E-state index < -0.39 is 6.10 Å². The zero-order chi connectivity index (χ0) is 55.0. The molecule has 0 N–H and O–H groups in total. The van der Waals surface area contributed by atoms with E-state index in [9.17, 15) is 14.4 Å². The second-order valence-corrected chi connectivity index (χ2v) is 23.5. The Balaban J connectivity index is 3.99. The van der Waals surface area contributed by atoms with Crippen molar-refractivity contribution in [2.75, 3.05) is 13.2 Å². The van der Waals surface area contributed by atoms with Crippen LogP contribution in [0.5, 0.6) is 0 Å². The third kappa shape index (κ3) is 62.7. The van der Waals surface area contributed by atoms with Crippen LogP contribution in [0.2, 0.25) is 0 Å². The van der Waals surface area contributed by atoms with Crippen LogP contribution >= 0.6 is 0 Å². The number of carbonyl (C=O) groups is 3. The van der Waals surface area contributed by atoms with Crippen LogP contribution in [0.3, 0.4) is 0 Å². The lowest BCUT2D eigenvalue weighted by molar-refractivity contribution is -0.167. The Labute approximate surface area is 474 Å². The van der Waals surface area contributed by atoms with Crippen molar-refractivity contribution in [3.63, 3.8) is 0 Å². The van der Waals surface area contributed by atoms with Crippen LogP contribution < -0.4 is 0 Å². The van der Waals surface area contributed by atoms with Crippen LogP contribution in [-0.4, -0.2) is 37.2 Å². The summed E-state index contributed by atoms with van der Waals surface area (Å²) >= 11 is 0. The molecule has 0 aromatic carbocycles. The largest absolute Gasteiger partial charge is 0.462 e. The molecule has 0 bridgehead atoms. The molecule has 1 unspecified atom stereocenters. The van der Waals surface area contributed by atoms with Crippen molar-refractivity contribution in [3.05, 3.63) is 24.3 Å². The van der Waals surface area contributed by atoms with E-state index in [2.05, 4.69) is 45.1 Å². The maximum atomic E-state index is 12.9. The Kier molecular flexibility index (Phi) is 63.6. The monoisotopic (exact) mass is 1070 g/mol. The van der Waals surface area contributed by atoms with Crippen molar-refractivity contribution < 1.29 is 28.6 Å². The molecule has 0 saturated heterocycles. The van der Waals surface area contributed by atoms with E-state index in [1.54, 1.807) is 0 Å². The zero-order valence-electron chi connectivity index (χ0n) is 51.6. The first-order valence-corrected chi connectivity index (χ1v) is 34.3. The highest BCUT2D eigenvalue weighted by Gasteiger charge is 2.19. The van der Waals surface area contributed by atoms with E-state index in [0.717, 1.165) is 77.0 Å². The number of rotatable bonds is 64. The molecule has 0 aliphatic heterocycles. The van der Waals surface area contributed by atoms with Gasteiger partial charge in [-0.25, -0.2) is 0 Å². The molecule has 76 heavy (non-hydrogen) atoms. The van der Waals surface area contributed by atoms with Gasteiger partial charge in [0.05, 0.1) is 0 Å². The molecular weight excluding hydrogens is 937 g/mol. The SMILES string of the molecule is CCCCCC/C=C\C/C=C\CCCCCCCC(=O)OC(COC(=O)CCCCCCCCCCC)COC(=O)CCCCCCCCCCCCCCCCCCCCCCCCCCCCCCCCCCC. The lowest BCUT2D eigenvalue weighted by Crippen LogP contribution is -2.30. The molecule has 0 aliphatic carbocycles. The Bertz CT molecular complexity index is 1230. The molecule has 6 nitrogen and oxygen atoms in total. The fraction of sp³-hybridized carbons (Fsp3) is 0.900. The highest BCUT2D eigenvalue weighted by atomic mass is 16.6. The summed E-state index contributed by atoms with van der Waals surface area (Å²) in [4.78, 5) is 38.2. The van der Waals surface area contributed by atoms with Crippen molar-refractivity contribution >= 4 is 17.9 Å². The van der Waals surface area contributed by atoms with Gasteiger partial charge in [0.25, 0.3) is 0 Å². The minimum atomic E-state index is -0.774. The molecule has 0 aliphatic rings. The van der Waals surface area contributed by atoms with Gasteiger partial charge in [0.2, 0.25) is 0 Å². The first kappa shape index (κ1) is 73.9. The number of unbranched alkanes of at least 4 members (excludes halogenated alkanes) is 49. The number of ether oxygens (including phenoxy) is 3. The van der Waals surface area contributed by atoms with Gasteiger partial charge in [-0.2, -0.15) is 0 Å². The molecule has 0 radical (unpaired) electrons. The number of carbonyl (C=O) groups excluding carboxylic acids is 3. The number of allylic oxidation sites excluding steroid dienone is 4. The average molecular weight is 1070 g/mol. The second-order valence-electron chi connectivity index (χ2n) is 23.5. The topological polar surface area (TPSA) is 78.9 Å². The Hall–Kier alpha value is -2.11. The lowest BCUT2D eigenvalue weighted by Gasteiger charge is -2.18. The Morgan fingerprint density at radius 2 is 0.474 bits per heavy atom. The molecule has 448 valence electrons. The highest BCUT2D eigenvalue weighted by molar-refractivity contribution is 5.71. The van der Waals surface area contributed by atoms with E-state index in [1.807, 2.05) is 0 Å². The lowest BCUT2D eigenvalue weighted by atomic mass is 10.0. The van der Waals surface area contributed by atoms with Crippen molar-refractivity contribution in [1.82, 2.24) is 0 Å². The summed E-state index contributed by atoms with van der Waals surface area (Å²) in [5.41, 5.74) is 0. The van der Waals surface area contributed by atoms with Gasteiger partial charge in [-0.3, -0.25) is 14.4 Å². The zero-order valence-corrected chi connectivity index (χ0v) is 51.6. The third-order valence-corrected chi connectivity index (χ3v) is 15.7. The van der Waals surface area contributed by atoms with Crippen LogP contribution in [-0.2, 0) is 28.6 Å². The van der Waals surface area contributed by atoms with E-state index in [4.69, 9.17) is 14.2 Å². The summed E-state index contributed by atoms with van der Waals surface area (Å²) < 4.78 is 16.9. The summed E-state index contributed by atoms with van der Waals surface area (Å²) in [6.45, 7) is 6.65. The van der Waals surface area contributed by atoms with Gasteiger partial charge >= 0.3 is 17.9 Å². The number of hydrogen-bond donors (Lipinski definition) is 0. The first-order valence-electron chi connectivity index (χ1n) is 34.3. The molecular formula is C70H132O6. The number of esters is 3. The Morgan fingerprint density at radius 3 is 0.737 bits per heavy atom. The molecule has 0 saturated carbocycles. The quantitative estimate of drug-likeness (QED) is 0.0261. The van der Waals surface area contributed by atoms with Crippen molar-refractivity contribution in [2.24, 2.45) is 0 Å². The van der Waals surface area contributed by atoms with Gasteiger partial charge < -0.3 is 14.2 Å². The van der Waals surface area contributed by atoms with Crippen molar-refractivity contribution in [1.29, 1.82) is 0 Å². The third-order valence-electron chi connectivity index (χ3n) is 15.7. The molecule has 1 atom stereocenters. The molecule has 0 spiro atoms. The van der Waals surface area contributed by atoms with Crippen LogP contribution in [0.1, 0.15) is 387 Å². The summed E-state index contributed by atoms with van der Waals surface area (Å²) in [7, 11) is 0. The summed E-state index contributed by atoms with van der Waals surface area (Å²) in [6.07, 6.45) is 79.5. The molecule has 0 heterocycles. The van der Waals surface area contributed by atoms with Crippen molar-refractivity contribution in [3.8, 4) is 0 Å². The Morgan fingerprint density at radius 1 is 0.263 bits per heavy atom. The smallest absolute Gasteiger partial charge is 0.306 e. The fourth-order valence-electron chi connectivity index (χ4n) is 10.5. The van der Waals surface area contributed by atoms with E-state index in [1.165, 1.54) is 270 Å². The van der Waals surface area contributed by atoms with Gasteiger partial charge in [0.15, 0.2) is 6.10 Å². The molecule has 0 amide bonds. The molecule has 0 aromatic rings. The van der Waals surface area contributed by atoms with E-state index in [0.29, 0.717) is 19.3 Å². The number of hydrogen-bond acceptors (Lipinski definition) is 6. The molecule has 0 aromatic heterocycles. The maximum Gasteiger partial charge on any atom is 0.306 e. The molecule has 0 rings (SSSR count). The predicted octanol–water partition coefficient (Wildman–Crippen LogP) is 23.4. The highest BCUT2D eigenvalue weighted by Crippen LogP contribution is 2.19. The normalized spacial score (nSPS) is 12.1. The van der Waals surface area contributed by atoms with Gasteiger partial charge in [0.1, 0.15) is 13.2 Å². The minimum absolute atomic E-state index is 0.0716. The van der Waals surface area contributed by atoms with E-state index >= 15 is 0 Å². The molecule has 0 fully saturated rings. The second kappa shape index (κ2) is 65.4. The van der Waals surface area contributed by atoms with Crippen LogP contribution in [0.15, 0.2) is 24.3 Å². The predicted molar refractivity (Wildman–Crippen MR) is 330 cm³/mol. The molecule has 6 heteroatoms. The van der Waals surface area contributed by atoms with Crippen molar-refractivity contribution in [2.45, 2.75) is 393 Å². The summed E-state index contributed by atoms with van der Waals surface area (Å²) in [5.74, 6) is -0.864. The maximum absolute atomic E-state index is 12.9.